The first-order valence-electron chi connectivity index (χ1n) is 12.2. The predicted octanol–water partition coefficient (Wildman–Crippen LogP) is 2.95. The maximum absolute atomic E-state index is 12.9. The van der Waals surface area contributed by atoms with E-state index < -0.39 is 15.4 Å². The first-order chi connectivity index (χ1) is 16.0. The number of hydrogen-bond donors (Lipinski definition) is 2. The van der Waals surface area contributed by atoms with Gasteiger partial charge in [-0.3, -0.25) is 4.79 Å². The number of nitrogens with two attached hydrogens (primary N) is 1. The van der Waals surface area contributed by atoms with Gasteiger partial charge < -0.3 is 15.0 Å². The molecule has 4 rings (SSSR count). The molecule has 2 aromatic heterocycles. The van der Waals surface area contributed by atoms with Crippen LogP contribution < -0.4 is 10.5 Å². The molecule has 9 nitrogen and oxygen atoms in total. The number of carbonyl (C=O) groups is 1. The Morgan fingerprint density at radius 2 is 2.06 bits per heavy atom. The maximum atomic E-state index is 12.9. The number of anilines is 1. The molecule has 2 atom stereocenters. The van der Waals surface area contributed by atoms with Gasteiger partial charge in [0.25, 0.3) is 0 Å². The van der Waals surface area contributed by atoms with Gasteiger partial charge in [0.15, 0.2) is 5.82 Å². The van der Waals surface area contributed by atoms with Gasteiger partial charge in [0, 0.05) is 37.2 Å². The van der Waals surface area contributed by atoms with Gasteiger partial charge in [-0.1, -0.05) is 13.8 Å². The quantitative estimate of drug-likeness (QED) is 0.462. The van der Waals surface area contributed by atoms with Crippen molar-refractivity contribution < 1.29 is 17.9 Å². The minimum atomic E-state index is -3.55. The molecule has 0 amide bonds. The first-order valence-corrected chi connectivity index (χ1v) is 13.9. The number of fused-ring (bicyclic) bond motifs is 3. The van der Waals surface area contributed by atoms with Gasteiger partial charge in [0.2, 0.25) is 10.0 Å². The van der Waals surface area contributed by atoms with Crippen molar-refractivity contribution in [1.29, 1.82) is 0 Å². The van der Waals surface area contributed by atoms with Crippen molar-refractivity contribution >= 4 is 32.7 Å². The van der Waals surface area contributed by atoms with Gasteiger partial charge in [-0.05, 0) is 56.9 Å². The summed E-state index contributed by atoms with van der Waals surface area (Å²) in [5.41, 5.74) is 7.49. The Kier molecular flexibility index (Phi) is 6.78. The molecule has 2 aromatic rings. The number of nitrogens with one attached hydrogen (secondary N) is 1. The Morgan fingerprint density at radius 3 is 2.71 bits per heavy atom. The van der Waals surface area contributed by atoms with Crippen molar-refractivity contribution in [1.82, 2.24) is 19.3 Å². The van der Waals surface area contributed by atoms with Crippen molar-refractivity contribution in [3.63, 3.8) is 0 Å². The van der Waals surface area contributed by atoms with Crippen LogP contribution in [-0.2, 0) is 32.7 Å². The van der Waals surface area contributed by atoms with Crippen LogP contribution in [0.15, 0.2) is 6.07 Å². The summed E-state index contributed by atoms with van der Waals surface area (Å²) in [6.45, 7) is 9.92. The van der Waals surface area contributed by atoms with Gasteiger partial charge in [-0.2, -0.15) is 0 Å². The summed E-state index contributed by atoms with van der Waals surface area (Å²) >= 11 is 0. The molecular weight excluding hydrogens is 454 g/mol. The number of rotatable bonds is 11. The molecule has 0 spiro atoms. The second-order valence-corrected chi connectivity index (χ2v) is 12.2. The summed E-state index contributed by atoms with van der Waals surface area (Å²) in [4.78, 5) is 21.6. The first kappa shape index (κ1) is 25.1. The molecular formula is C24H37N5O4S. The van der Waals surface area contributed by atoms with Gasteiger partial charge in [0.1, 0.15) is 23.7 Å². The second kappa shape index (κ2) is 9.20. The van der Waals surface area contributed by atoms with Gasteiger partial charge >= 0.3 is 0 Å². The molecule has 2 bridgehead atoms. The van der Waals surface area contributed by atoms with Crippen LogP contribution in [0.3, 0.4) is 0 Å². The number of nitrogen functional groups attached to an aromatic ring is 1. The van der Waals surface area contributed by atoms with Crippen molar-refractivity contribution in [3.05, 3.63) is 17.6 Å². The minimum Gasteiger partial charge on any atom is -0.382 e. The van der Waals surface area contributed by atoms with Crippen LogP contribution in [0.5, 0.6) is 0 Å². The zero-order valence-corrected chi connectivity index (χ0v) is 21.5. The molecule has 0 unspecified atom stereocenters. The maximum Gasteiger partial charge on any atom is 0.212 e. The Labute approximate surface area is 201 Å². The average Bonchev–Trinajstić information content (AvgIpc) is 3.28. The number of sulfonamides is 1. The van der Waals surface area contributed by atoms with Gasteiger partial charge in [-0.25, -0.2) is 23.1 Å². The fourth-order valence-corrected chi connectivity index (χ4v) is 7.86. The van der Waals surface area contributed by atoms with E-state index in [2.05, 4.69) is 33.1 Å². The smallest absolute Gasteiger partial charge is 0.212 e. The number of Topliss-reactive ketones (excluding diaryl/α,β-unsaturated/α-hetero) is 1. The molecule has 2 aliphatic carbocycles. The van der Waals surface area contributed by atoms with E-state index >= 15 is 0 Å². The third kappa shape index (κ3) is 4.35. The Balaban J connectivity index is 1.37. The molecule has 0 aliphatic heterocycles. The van der Waals surface area contributed by atoms with Crippen LogP contribution in [0.2, 0.25) is 0 Å². The molecule has 0 aromatic carbocycles. The lowest BCUT2D eigenvalue weighted by Gasteiger charge is -2.36. The average molecular weight is 492 g/mol. The fraction of sp³-hybridized carbons (Fsp3) is 0.708. The van der Waals surface area contributed by atoms with Crippen molar-refractivity contribution in [3.8, 4) is 0 Å². The van der Waals surface area contributed by atoms with E-state index in [0.29, 0.717) is 62.8 Å². The number of aryl methyl sites for hydroxylation is 2. The summed E-state index contributed by atoms with van der Waals surface area (Å²) in [5.74, 6) is 1.51. The minimum absolute atomic E-state index is 0.0987. The highest BCUT2D eigenvalue weighted by Gasteiger charge is 2.65. The third-order valence-electron chi connectivity index (χ3n) is 8.11. The molecule has 34 heavy (non-hydrogen) atoms. The van der Waals surface area contributed by atoms with Gasteiger partial charge in [-0.15, -0.1) is 0 Å². The molecule has 0 saturated heterocycles. The number of ether oxygens (including phenoxy) is 1. The van der Waals surface area contributed by atoms with E-state index in [1.165, 1.54) is 0 Å². The SMILES string of the molecule is CCOCc1nc2c(N)nc(C)cc2n1CCCCNS(=O)(=O)C[C@]12CC[C@H](CC1=O)C2(C)C. The summed E-state index contributed by atoms with van der Waals surface area (Å²) in [6.07, 6.45) is 3.56. The van der Waals surface area contributed by atoms with Gasteiger partial charge in [0.05, 0.1) is 11.3 Å². The molecule has 2 saturated carbocycles. The second-order valence-electron chi connectivity index (χ2n) is 10.4. The van der Waals surface area contributed by atoms with Crippen molar-refractivity contribution in [2.75, 3.05) is 24.6 Å². The van der Waals surface area contributed by atoms with E-state index in [9.17, 15) is 13.2 Å². The van der Waals surface area contributed by atoms with Crippen LogP contribution in [-0.4, -0.2) is 47.6 Å². The molecule has 0 radical (unpaired) electrons. The van der Waals surface area contributed by atoms with E-state index in [4.69, 9.17) is 10.5 Å². The van der Waals surface area contributed by atoms with Crippen LogP contribution in [0.25, 0.3) is 11.0 Å². The number of imidazole rings is 1. The standard InChI is InChI=1S/C24H37N5O4S/c1-5-33-14-20-28-21-18(12-16(2)27-22(21)25)29(20)11-7-6-10-26-34(31,32)15-24-9-8-17(13-19(24)30)23(24,3)4/h12,17,26H,5-11,13-15H2,1-4H3,(H2,25,27)/t17-,24-/m1/s1. The molecule has 3 N–H and O–H groups in total. The topological polar surface area (TPSA) is 129 Å². The number of aromatic nitrogens is 3. The predicted molar refractivity (Wildman–Crippen MR) is 132 cm³/mol. The monoisotopic (exact) mass is 491 g/mol. The van der Waals surface area contributed by atoms with E-state index in [0.717, 1.165) is 29.9 Å². The molecule has 10 heteroatoms. The normalized spacial score (nSPS) is 23.9. The van der Waals surface area contributed by atoms with Crippen LogP contribution in [0.4, 0.5) is 5.82 Å². The van der Waals surface area contributed by atoms with Crippen molar-refractivity contribution in [2.45, 2.75) is 73.0 Å². The van der Waals surface area contributed by atoms with Crippen LogP contribution in [0.1, 0.15) is 64.4 Å². The van der Waals surface area contributed by atoms with Crippen molar-refractivity contribution in [2.24, 2.45) is 16.7 Å². The Morgan fingerprint density at radius 1 is 1.29 bits per heavy atom. The number of nitrogens with zero attached hydrogens (tertiary/aromatic N) is 3. The van der Waals surface area contributed by atoms with Crippen LogP contribution >= 0.6 is 0 Å². The molecule has 2 aliphatic rings. The fourth-order valence-electron chi connectivity index (χ4n) is 5.98. The number of carbonyl (C=O) groups excluding carboxylic acids is 1. The summed E-state index contributed by atoms with van der Waals surface area (Å²) < 4.78 is 36.2. The Bertz CT molecular complexity index is 1190. The highest BCUT2D eigenvalue weighted by atomic mass is 32.2. The molecule has 2 fully saturated rings. The highest BCUT2D eigenvalue weighted by molar-refractivity contribution is 7.89. The van der Waals surface area contributed by atoms with Crippen LogP contribution in [0, 0.1) is 23.7 Å². The summed E-state index contributed by atoms with van der Waals surface area (Å²) in [7, 11) is -3.55. The third-order valence-corrected chi connectivity index (χ3v) is 9.63. The summed E-state index contributed by atoms with van der Waals surface area (Å²) in [6, 6.07) is 1.96. The largest absolute Gasteiger partial charge is 0.382 e. The van der Waals surface area contributed by atoms with E-state index in [1.54, 1.807) is 0 Å². The highest BCUT2D eigenvalue weighted by Crippen LogP contribution is 2.64. The lowest BCUT2D eigenvalue weighted by molar-refractivity contribution is -0.128. The zero-order valence-electron chi connectivity index (χ0n) is 20.7. The number of unbranched alkanes of at least 4 members (excludes halogenated alkanes) is 1. The number of hydrogen-bond acceptors (Lipinski definition) is 7. The Hall–Kier alpha value is -2.04. The zero-order chi connectivity index (χ0) is 24.7. The molecule has 188 valence electrons. The number of ketones is 1. The van der Waals surface area contributed by atoms with E-state index in [-0.39, 0.29) is 17.0 Å². The molecule has 2 heterocycles. The lowest BCUT2D eigenvalue weighted by Crippen LogP contribution is -2.45. The van der Waals surface area contributed by atoms with E-state index in [1.807, 2.05) is 19.9 Å². The lowest BCUT2D eigenvalue weighted by atomic mass is 9.70. The number of pyridine rings is 1. The summed E-state index contributed by atoms with van der Waals surface area (Å²) in [5, 5.41) is 0.